The van der Waals surface area contributed by atoms with Gasteiger partial charge in [-0.2, -0.15) is 0 Å². The highest BCUT2D eigenvalue weighted by molar-refractivity contribution is 6.74. The predicted octanol–water partition coefficient (Wildman–Crippen LogP) is 16.3. The van der Waals surface area contributed by atoms with Gasteiger partial charge in [0.05, 0.1) is 12.2 Å². The van der Waals surface area contributed by atoms with Crippen molar-refractivity contribution in [3.8, 4) is 0 Å². The molecule has 0 saturated carbocycles. The van der Waals surface area contributed by atoms with Crippen LogP contribution in [0.4, 0.5) is 0 Å². The summed E-state index contributed by atoms with van der Waals surface area (Å²) in [6.45, 7) is 24.8. The molecule has 0 aromatic heterocycles. The summed E-state index contributed by atoms with van der Waals surface area (Å²) in [6, 6.07) is 0. The van der Waals surface area contributed by atoms with Gasteiger partial charge in [-0.1, -0.05) is 183 Å². The Kier molecular flexibility index (Phi) is 34.2. The standard InChI is InChI=1S/C52H103NO4Si/c1-10-12-14-16-18-19-20-21-22-23-24-25-27-34-40-49-45-53(43-44-55-58(8,9)52(5,6)7)46-50(56-49)41-35-30-36-42-51(54)57-48(38-32-26-17-15-13-11-2)39-33-29-28-31-37-47(3)4/h21-22,47-50H,10-20,23-46H2,1-9H3/b22-21-. The van der Waals surface area contributed by atoms with Crippen LogP contribution in [0.1, 0.15) is 248 Å². The van der Waals surface area contributed by atoms with Crippen LogP contribution in [-0.2, 0) is 18.7 Å². The van der Waals surface area contributed by atoms with E-state index in [4.69, 9.17) is 13.9 Å². The Morgan fingerprint density at radius 1 is 0.655 bits per heavy atom. The normalized spacial score (nSPS) is 17.5. The molecule has 0 aromatic rings. The highest BCUT2D eigenvalue weighted by atomic mass is 28.4. The smallest absolute Gasteiger partial charge is 0.306 e. The van der Waals surface area contributed by atoms with Gasteiger partial charge in [0.25, 0.3) is 0 Å². The van der Waals surface area contributed by atoms with Crippen LogP contribution in [-0.4, -0.2) is 63.7 Å². The average Bonchev–Trinajstić information content (AvgIpc) is 3.16. The summed E-state index contributed by atoms with van der Waals surface area (Å²) in [5.74, 6) is 0.824. The Bertz CT molecular complexity index is 962. The first kappa shape index (κ1) is 55.3. The molecule has 0 N–H and O–H groups in total. The van der Waals surface area contributed by atoms with E-state index in [0.29, 0.717) is 12.5 Å². The second-order valence-electron chi connectivity index (χ2n) is 20.4. The van der Waals surface area contributed by atoms with Crippen LogP contribution in [0.3, 0.4) is 0 Å². The number of allylic oxidation sites excluding steroid dienone is 2. The van der Waals surface area contributed by atoms with Crippen molar-refractivity contribution in [3.05, 3.63) is 12.2 Å². The van der Waals surface area contributed by atoms with Crippen molar-refractivity contribution in [2.45, 2.75) is 284 Å². The molecule has 58 heavy (non-hydrogen) atoms. The van der Waals surface area contributed by atoms with E-state index >= 15 is 0 Å². The second kappa shape index (κ2) is 35.9. The summed E-state index contributed by atoms with van der Waals surface area (Å²) in [7, 11) is -1.76. The van der Waals surface area contributed by atoms with Gasteiger partial charge >= 0.3 is 5.97 Å². The van der Waals surface area contributed by atoms with E-state index in [0.717, 1.165) is 77.1 Å². The molecule has 0 amide bonds. The largest absolute Gasteiger partial charge is 0.462 e. The molecular formula is C52H103NO4Si. The molecule has 3 atom stereocenters. The first-order chi connectivity index (χ1) is 27.9. The number of ether oxygens (including phenoxy) is 2. The van der Waals surface area contributed by atoms with Crippen molar-refractivity contribution in [2.75, 3.05) is 26.2 Å². The molecule has 3 unspecified atom stereocenters. The Morgan fingerprint density at radius 2 is 1.10 bits per heavy atom. The first-order valence-electron chi connectivity index (χ1n) is 25.7. The third-order valence-corrected chi connectivity index (χ3v) is 17.7. The molecule has 6 heteroatoms. The number of morpholine rings is 1. The second-order valence-corrected chi connectivity index (χ2v) is 25.2. The third kappa shape index (κ3) is 31.2. The lowest BCUT2D eigenvalue weighted by Gasteiger charge is -2.40. The molecule has 344 valence electrons. The molecule has 0 aliphatic carbocycles. The maximum atomic E-state index is 13.0. The minimum absolute atomic E-state index is 0.0295. The molecule has 1 saturated heterocycles. The fourth-order valence-electron chi connectivity index (χ4n) is 8.18. The van der Waals surface area contributed by atoms with E-state index in [1.54, 1.807) is 0 Å². The van der Waals surface area contributed by atoms with Gasteiger partial charge < -0.3 is 13.9 Å². The van der Waals surface area contributed by atoms with Crippen LogP contribution in [0.2, 0.25) is 18.1 Å². The number of carbonyl (C=O) groups excluding carboxylic acids is 1. The van der Waals surface area contributed by atoms with Crippen molar-refractivity contribution in [2.24, 2.45) is 5.92 Å². The maximum absolute atomic E-state index is 13.0. The van der Waals surface area contributed by atoms with Gasteiger partial charge in [0.2, 0.25) is 0 Å². The van der Waals surface area contributed by atoms with Crippen LogP contribution in [0, 0.1) is 5.92 Å². The summed E-state index contributed by atoms with van der Waals surface area (Å²) in [6.07, 6.45) is 43.7. The van der Waals surface area contributed by atoms with E-state index in [-0.39, 0.29) is 23.2 Å². The summed E-state index contributed by atoms with van der Waals surface area (Å²) >= 11 is 0. The molecule has 0 radical (unpaired) electrons. The van der Waals surface area contributed by atoms with Crippen LogP contribution < -0.4 is 0 Å². The van der Waals surface area contributed by atoms with E-state index in [9.17, 15) is 4.79 Å². The van der Waals surface area contributed by atoms with Gasteiger partial charge in [-0.25, -0.2) is 0 Å². The lowest BCUT2D eigenvalue weighted by Crippen LogP contribution is -2.49. The van der Waals surface area contributed by atoms with E-state index in [2.05, 4.69) is 78.6 Å². The summed E-state index contributed by atoms with van der Waals surface area (Å²) < 4.78 is 19.5. The topological polar surface area (TPSA) is 48.0 Å². The average molecular weight is 834 g/mol. The van der Waals surface area contributed by atoms with Gasteiger partial charge in [-0.3, -0.25) is 9.69 Å². The quantitative estimate of drug-likeness (QED) is 0.0267. The number of hydrogen-bond donors (Lipinski definition) is 0. The summed E-state index contributed by atoms with van der Waals surface area (Å²) in [5.41, 5.74) is 0. The van der Waals surface area contributed by atoms with Crippen LogP contribution in [0.15, 0.2) is 12.2 Å². The Hall–Kier alpha value is -0.693. The van der Waals surface area contributed by atoms with E-state index in [1.165, 1.54) is 148 Å². The van der Waals surface area contributed by atoms with Gasteiger partial charge in [-0.05, 0) is 94.7 Å². The van der Waals surface area contributed by atoms with Crippen LogP contribution >= 0.6 is 0 Å². The van der Waals surface area contributed by atoms with Gasteiger partial charge in [0, 0.05) is 32.7 Å². The first-order valence-corrected chi connectivity index (χ1v) is 28.6. The minimum Gasteiger partial charge on any atom is -0.462 e. The van der Waals surface area contributed by atoms with E-state index in [1.807, 2.05) is 0 Å². The highest BCUT2D eigenvalue weighted by Gasteiger charge is 2.37. The summed E-state index contributed by atoms with van der Waals surface area (Å²) in [5, 5.41) is 0.237. The fraction of sp³-hybridized carbons (Fsp3) is 0.942. The lowest BCUT2D eigenvalue weighted by atomic mass is 10.0. The summed E-state index contributed by atoms with van der Waals surface area (Å²) in [4.78, 5) is 15.7. The Morgan fingerprint density at radius 3 is 1.60 bits per heavy atom. The highest BCUT2D eigenvalue weighted by Crippen LogP contribution is 2.36. The zero-order valence-electron chi connectivity index (χ0n) is 40.8. The third-order valence-electron chi connectivity index (χ3n) is 13.2. The molecular weight excluding hydrogens is 731 g/mol. The molecule has 1 heterocycles. The number of unbranched alkanes of at least 4 members (excludes halogenated alkanes) is 20. The Labute approximate surface area is 364 Å². The fourth-order valence-corrected chi connectivity index (χ4v) is 9.21. The molecule has 0 spiro atoms. The molecule has 1 aliphatic rings. The van der Waals surface area contributed by atoms with Crippen molar-refractivity contribution in [1.29, 1.82) is 0 Å². The van der Waals surface area contributed by atoms with E-state index < -0.39 is 8.32 Å². The monoisotopic (exact) mass is 834 g/mol. The van der Waals surface area contributed by atoms with Crippen molar-refractivity contribution < 1.29 is 18.7 Å². The van der Waals surface area contributed by atoms with Crippen molar-refractivity contribution in [3.63, 3.8) is 0 Å². The lowest BCUT2D eigenvalue weighted by molar-refractivity contribution is -0.150. The SMILES string of the molecule is CCCCCCCC/C=C\CCCCCCC1CN(CCO[Si](C)(C)C(C)(C)C)CC(CCCCCC(=O)OC(CCCCCCCC)CCCCCCC(C)C)O1. The van der Waals surface area contributed by atoms with Crippen molar-refractivity contribution in [1.82, 2.24) is 4.90 Å². The van der Waals surface area contributed by atoms with Gasteiger partial charge in [-0.15, -0.1) is 0 Å². The number of nitrogens with zero attached hydrogens (tertiary/aromatic N) is 1. The zero-order chi connectivity index (χ0) is 42.7. The van der Waals surface area contributed by atoms with Crippen molar-refractivity contribution >= 4 is 14.3 Å². The number of rotatable bonds is 39. The van der Waals surface area contributed by atoms with Crippen LogP contribution in [0.25, 0.3) is 0 Å². The molecule has 1 fully saturated rings. The molecule has 1 rings (SSSR count). The van der Waals surface area contributed by atoms with Gasteiger partial charge in [0.1, 0.15) is 6.10 Å². The Balaban J connectivity index is 2.50. The zero-order valence-corrected chi connectivity index (χ0v) is 41.8. The predicted molar refractivity (Wildman–Crippen MR) is 257 cm³/mol. The van der Waals surface area contributed by atoms with Crippen LogP contribution in [0.5, 0.6) is 0 Å². The molecule has 5 nitrogen and oxygen atoms in total. The van der Waals surface area contributed by atoms with Gasteiger partial charge in [0.15, 0.2) is 8.32 Å². The maximum Gasteiger partial charge on any atom is 0.306 e. The molecule has 0 bridgehead atoms. The number of carbonyl (C=O) groups is 1. The molecule has 0 aromatic carbocycles. The molecule has 1 aliphatic heterocycles. The number of esters is 1. The minimum atomic E-state index is -1.76. The number of hydrogen-bond acceptors (Lipinski definition) is 5.